The molecule has 2 aromatic rings. The van der Waals surface area contributed by atoms with Gasteiger partial charge in [-0.1, -0.05) is 12.1 Å². The van der Waals surface area contributed by atoms with Gasteiger partial charge in [0.2, 0.25) is 11.8 Å². The van der Waals surface area contributed by atoms with Crippen LogP contribution in [0.5, 0.6) is 5.88 Å². The van der Waals surface area contributed by atoms with Crippen molar-refractivity contribution in [3.8, 4) is 5.88 Å². The van der Waals surface area contributed by atoms with Gasteiger partial charge in [-0.3, -0.25) is 0 Å². The quantitative estimate of drug-likeness (QED) is 0.876. The third-order valence-electron chi connectivity index (χ3n) is 2.78. The van der Waals surface area contributed by atoms with Crippen LogP contribution in [0.1, 0.15) is 12.5 Å². The molecule has 0 radical (unpaired) electrons. The molecular formula is C14H17FN4O. The molecule has 1 heterocycles. The third-order valence-corrected chi connectivity index (χ3v) is 2.78. The number of hydrogen-bond acceptors (Lipinski definition) is 5. The largest absolute Gasteiger partial charge is 0.481 e. The maximum Gasteiger partial charge on any atom is 0.225 e. The van der Waals surface area contributed by atoms with Crippen LogP contribution in [0.4, 0.5) is 16.2 Å². The van der Waals surface area contributed by atoms with Gasteiger partial charge in [-0.15, -0.1) is 0 Å². The van der Waals surface area contributed by atoms with E-state index in [4.69, 9.17) is 10.5 Å². The Hall–Kier alpha value is -2.37. The highest BCUT2D eigenvalue weighted by molar-refractivity contribution is 5.43. The molecule has 0 amide bonds. The SMILES string of the molecule is COc1cc(NC(C)Cc2ccc(F)cc2)nc(N)n1. The number of nitrogens with one attached hydrogen (secondary N) is 1. The van der Waals surface area contributed by atoms with Crippen LogP contribution in [0.15, 0.2) is 30.3 Å². The van der Waals surface area contributed by atoms with Crippen molar-refractivity contribution in [2.24, 2.45) is 0 Å². The zero-order valence-corrected chi connectivity index (χ0v) is 11.4. The zero-order chi connectivity index (χ0) is 14.5. The number of methoxy groups -OCH3 is 1. The summed E-state index contributed by atoms with van der Waals surface area (Å²) in [7, 11) is 1.52. The monoisotopic (exact) mass is 276 g/mol. The Morgan fingerprint density at radius 3 is 2.65 bits per heavy atom. The molecule has 1 atom stereocenters. The standard InChI is InChI=1S/C14H17FN4O/c1-9(7-10-3-5-11(15)6-4-10)17-12-8-13(20-2)19-14(16)18-12/h3-6,8-9H,7H2,1-2H3,(H3,16,17,18,19). The summed E-state index contributed by atoms with van der Waals surface area (Å²) in [5.74, 6) is 0.932. The number of rotatable bonds is 5. The summed E-state index contributed by atoms with van der Waals surface area (Å²) in [6, 6.07) is 8.23. The number of ether oxygens (including phenoxy) is 1. The summed E-state index contributed by atoms with van der Waals surface area (Å²) in [6.45, 7) is 2.01. The third kappa shape index (κ3) is 3.81. The smallest absolute Gasteiger partial charge is 0.225 e. The van der Waals surface area contributed by atoms with Crippen molar-refractivity contribution in [2.75, 3.05) is 18.2 Å². The average molecular weight is 276 g/mol. The molecule has 1 aromatic heterocycles. The highest BCUT2D eigenvalue weighted by atomic mass is 19.1. The fraction of sp³-hybridized carbons (Fsp3) is 0.286. The van der Waals surface area contributed by atoms with Gasteiger partial charge < -0.3 is 15.8 Å². The van der Waals surface area contributed by atoms with E-state index in [-0.39, 0.29) is 17.8 Å². The molecule has 2 rings (SSSR count). The first-order chi connectivity index (χ1) is 9.56. The second-order valence-electron chi connectivity index (χ2n) is 4.53. The molecular weight excluding hydrogens is 259 g/mol. The summed E-state index contributed by atoms with van der Waals surface area (Å²) >= 11 is 0. The van der Waals surface area contributed by atoms with Crippen molar-refractivity contribution in [3.05, 3.63) is 41.7 Å². The molecule has 0 bridgehead atoms. The number of anilines is 2. The Labute approximate surface area is 117 Å². The normalized spacial score (nSPS) is 11.9. The van der Waals surface area contributed by atoms with Gasteiger partial charge >= 0.3 is 0 Å². The van der Waals surface area contributed by atoms with Crippen molar-refractivity contribution < 1.29 is 9.13 Å². The molecule has 0 aliphatic rings. The van der Waals surface area contributed by atoms with Gasteiger partial charge in [-0.2, -0.15) is 9.97 Å². The van der Waals surface area contributed by atoms with Gasteiger partial charge in [0.25, 0.3) is 0 Å². The summed E-state index contributed by atoms with van der Waals surface area (Å²) in [5, 5.41) is 3.22. The lowest BCUT2D eigenvalue weighted by molar-refractivity contribution is 0.398. The van der Waals surface area contributed by atoms with Crippen LogP contribution in [0.2, 0.25) is 0 Å². The number of nitrogens with two attached hydrogens (primary N) is 1. The Kier molecular flexibility index (Phi) is 4.34. The topological polar surface area (TPSA) is 73.1 Å². The van der Waals surface area contributed by atoms with Gasteiger partial charge in [0.15, 0.2) is 0 Å². The number of benzene rings is 1. The van der Waals surface area contributed by atoms with E-state index in [0.717, 1.165) is 12.0 Å². The molecule has 0 saturated carbocycles. The first kappa shape index (κ1) is 14.0. The van der Waals surface area contributed by atoms with Crippen LogP contribution in [0.25, 0.3) is 0 Å². The molecule has 5 nitrogen and oxygen atoms in total. The maximum atomic E-state index is 12.8. The molecule has 106 valence electrons. The van der Waals surface area contributed by atoms with E-state index in [9.17, 15) is 4.39 Å². The van der Waals surface area contributed by atoms with Crippen molar-refractivity contribution in [2.45, 2.75) is 19.4 Å². The van der Waals surface area contributed by atoms with Crippen LogP contribution < -0.4 is 15.8 Å². The summed E-state index contributed by atoms with van der Waals surface area (Å²) in [4.78, 5) is 8.01. The molecule has 0 aliphatic carbocycles. The van der Waals surface area contributed by atoms with E-state index in [1.807, 2.05) is 6.92 Å². The van der Waals surface area contributed by atoms with Gasteiger partial charge in [-0.05, 0) is 31.0 Å². The predicted molar refractivity (Wildman–Crippen MR) is 76.2 cm³/mol. The minimum absolute atomic E-state index is 0.111. The van der Waals surface area contributed by atoms with Gasteiger partial charge in [0.1, 0.15) is 11.6 Å². The fourth-order valence-corrected chi connectivity index (χ4v) is 1.90. The molecule has 0 fully saturated rings. The molecule has 0 spiro atoms. The summed E-state index contributed by atoms with van der Waals surface area (Å²) in [5.41, 5.74) is 6.64. The van der Waals surface area contributed by atoms with Crippen LogP contribution in [-0.4, -0.2) is 23.1 Å². The molecule has 1 aromatic carbocycles. The Bertz CT molecular complexity index is 574. The molecule has 0 aliphatic heterocycles. The fourth-order valence-electron chi connectivity index (χ4n) is 1.90. The highest BCUT2D eigenvalue weighted by Gasteiger charge is 2.07. The summed E-state index contributed by atoms with van der Waals surface area (Å²) < 4.78 is 17.9. The summed E-state index contributed by atoms with van der Waals surface area (Å²) in [6.07, 6.45) is 0.743. The van der Waals surface area contributed by atoms with Crippen LogP contribution >= 0.6 is 0 Å². The molecule has 3 N–H and O–H groups in total. The van der Waals surface area contributed by atoms with E-state index >= 15 is 0 Å². The number of halogens is 1. The van der Waals surface area contributed by atoms with Crippen molar-refractivity contribution in [3.63, 3.8) is 0 Å². The van der Waals surface area contributed by atoms with Crippen LogP contribution in [0.3, 0.4) is 0 Å². The van der Waals surface area contributed by atoms with Gasteiger partial charge in [0.05, 0.1) is 7.11 Å². The van der Waals surface area contributed by atoms with Gasteiger partial charge in [0, 0.05) is 12.1 Å². The molecule has 0 saturated heterocycles. The Morgan fingerprint density at radius 1 is 1.30 bits per heavy atom. The van der Waals surface area contributed by atoms with Gasteiger partial charge in [-0.25, -0.2) is 4.39 Å². The highest BCUT2D eigenvalue weighted by Crippen LogP contribution is 2.16. The first-order valence-corrected chi connectivity index (χ1v) is 6.26. The molecule has 6 heteroatoms. The lowest BCUT2D eigenvalue weighted by Crippen LogP contribution is -2.19. The van der Waals surface area contributed by atoms with E-state index in [2.05, 4.69) is 15.3 Å². The minimum atomic E-state index is -0.234. The average Bonchev–Trinajstić information content (AvgIpc) is 2.40. The van der Waals surface area contributed by atoms with Crippen molar-refractivity contribution in [1.29, 1.82) is 0 Å². The molecule has 20 heavy (non-hydrogen) atoms. The van der Waals surface area contributed by atoms with Crippen LogP contribution in [0, 0.1) is 5.82 Å². The van der Waals surface area contributed by atoms with Crippen LogP contribution in [-0.2, 0) is 6.42 Å². The first-order valence-electron chi connectivity index (χ1n) is 6.26. The second kappa shape index (κ2) is 6.18. The lowest BCUT2D eigenvalue weighted by atomic mass is 10.1. The number of aromatic nitrogens is 2. The van der Waals surface area contributed by atoms with E-state index in [1.54, 1.807) is 18.2 Å². The van der Waals surface area contributed by atoms with E-state index in [0.29, 0.717) is 11.7 Å². The van der Waals surface area contributed by atoms with Crippen molar-refractivity contribution >= 4 is 11.8 Å². The predicted octanol–water partition coefficient (Wildman–Crippen LogP) is 2.25. The second-order valence-corrected chi connectivity index (χ2v) is 4.53. The lowest BCUT2D eigenvalue weighted by Gasteiger charge is -2.15. The maximum absolute atomic E-state index is 12.8. The number of nitrogens with zero attached hydrogens (tertiary/aromatic N) is 2. The van der Waals surface area contributed by atoms with E-state index in [1.165, 1.54) is 19.2 Å². The van der Waals surface area contributed by atoms with Crippen molar-refractivity contribution in [1.82, 2.24) is 9.97 Å². The Morgan fingerprint density at radius 2 is 2.00 bits per heavy atom. The number of nitrogen functional groups attached to an aromatic ring is 1. The van der Waals surface area contributed by atoms with E-state index < -0.39 is 0 Å². The zero-order valence-electron chi connectivity index (χ0n) is 11.4. The number of hydrogen-bond donors (Lipinski definition) is 2. The minimum Gasteiger partial charge on any atom is -0.481 e. The molecule has 1 unspecified atom stereocenters. The Balaban J connectivity index is 2.02.